The summed E-state index contributed by atoms with van der Waals surface area (Å²) in [7, 11) is 0. The second-order valence-electron chi connectivity index (χ2n) is 5.16. The first-order valence-electron chi connectivity index (χ1n) is 5.18. The van der Waals surface area contributed by atoms with E-state index >= 15 is 0 Å². The third-order valence-electron chi connectivity index (χ3n) is 4.07. The highest BCUT2D eigenvalue weighted by Gasteiger charge is 2.52. The molecule has 2 heteroatoms. The lowest BCUT2D eigenvalue weighted by Crippen LogP contribution is -2.27. The van der Waals surface area contributed by atoms with Crippen LogP contribution in [0.5, 0.6) is 0 Å². The third kappa shape index (κ3) is 1.70. The normalized spacial score (nSPS) is 36.4. The average Bonchev–Trinajstić information content (AvgIpc) is 2.35. The van der Waals surface area contributed by atoms with Crippen LogP contribution in [-0.2, 0) is 4.79 Å². The van der Waals surface area contributed by atoms with Crippen LogP contribution in [0.15, 0.2) is 12.2 Å². The Morgan fingerprint density at radius 2 is 1.93 bits per heavy atom. The molecule has 0 radical (unpaired) electrons. The van der Waals surface area contributed by atoms with Crippen molar-refractivity contribution in [2.24, 2.45) is 16.7 Å². The summed E-state index contributed by atoms with van der Waals surface area (Å²) in [5.41, 5.74) is 1.07. The molecule has 2 atom stereocenters. The molecule has 1 fully saturated rings. The SMILES string of the molecule is CC(=O)O.CC12C=CC(CC1)C2(C)C. The molecule has 0 aliphatic heterocycles. The third-order valence-corrected chi connectivity index (χ3v) is 4.07. The van der Waals surface area contributed by atoms with Gasteiger partial charge in [0.2, 0.25) is 0 Å². The van der Waals surface area contributed by atoms with Crippen LogP contribution in [0.1, 0.15) is 40.5 Å². The van der Waals surface area contributed by atoms with E-state index in [1.54, 1.807) is 0 Å². The molecule has 1 saturated carbocycles. The number of carbonyl (C=O) groups is 1. The number of carboxylic acids is 1. The van der Waals surface area contributed by atoms with E-state index in [-0.39, 0.29) is 0 Å². The number of rotatable bonds is 0. The fourth-order valence-corrected chi connectivity index (χ4v) is 2.53. The Balaban J connectivity index is 0.000000213. The number of hydrogen-bond donors (Lipinski definition) is 1. The van der Waals surface area contributed by atoms with Crippen molar-refractivity contribution >= 4 is 5.97 Å². The molecule has 14 heavy (non-hydrogen) atoms. The van der Waals surface area contributed by atoms with Gasteiger partial charge < -0.3 is 5.11 Å². The lowest BCUT2D eigenvalue weighted by atomic mass is 9.71. The molecule has 1 N–H and O–H groups in total. The second kappa shape index (κ2) is 3.41. The number of allylic oxidation sites excluding steroid dienone is 2. The lowest BCUT2D eigenvalue weighted by Gasteiger charge is -2.33. The smallest absolute Gasteiger partial charge is 0.300 e. The van der Waals surface area contributed by atoms with Gasteiger partial charge in [-0.2, -0.15) is 0 Å². The monoisotopic (exact) mass is 196 g/mol. The van der Waals surface area contributed by atoms with Crippen LogP contribution in [0.2, 0.25) is 0 Å². The average molecular weight is 196 g/mol. The largest absolute Gasteiger partial charge is 0.481 e. The van der Waals surface area contributed by atoms with Gasteiger partial charge in [-0.1, -0.05) is 32.9 Å². The van der Waals surface area contributed by atoms with Gasteiger partial charge in [-0.3, -0.25) is 4.79 Å². The van der Waals surface area contributed by atoms with Crippen LogP contribution in [0, 0.1) is 16.7 Å². The summed E-state index contributed by atoms with van der Waals surface area (Å²) in [5, 5.41) is 7.42. The minimum absolute atomic E-state index is 0.525. The molecule has 0 spiro atoms. The van der Waals surface area contributed by atoms with E-state index in [1.807, 2.05) is 0 Å². The first kappa shape index (κ1) is 11.3. The highest BCUT2D eigenvalue weighted by molar-refractivity contribution is 5.62. The van der Waals surface area contributed by atoms with Gasteiger partial charge >= 0.3 is 0 Å². The number of aliphatic carboxylic acids is 1. The molecule has 2 aliphatic rings. The maximum atomic E-state index is 9.00. The molecule has 2 unspecified atom stereocenters. The van der Waals surface area contributed by atoms with Crippen molar-refractivity contribution in [1.82, 2.24) is 0 Å². The van der Waals surface area contributed by atoms with Crippen molar-refractivity contribution < 1.29 is 9.90 Å². The summed E-state index contributed by atoms with van der Waals surface area (Å²) in [6.07, 6.45) is 7.67. The summed E-state index contributed by atoms with van der Waals surface area (Å²) in [6, 6.07) is 0. The van der Waals surface area contributed by atoms with E-state index in [4.69, 9.17) is 9.90 Å². The Labute approximate surface area is 86.0 Å². The summed E-state index contributed by atoms with van der Waals surface area (Å²) in [5.74, 6) is 0.0394. The van der Waals surface area contributed by atoms with Crippen LogP contribution in [0.25, 0.3) is 0 Å². The van der Waals surface area contributed by atoms with Gasteiger partial charge in [0, 0.05) is 6.92 Å². The molecule has 2 nitrogen and oxygen atoms in total. The summed E-state index contributed by atoms with van der Waals surface area (Å²) >= 11 is 0. The van der Waals surface area contributed by atoms with Crippen molar-refractivity contribution in [1.29, 1.82) is 0 Å². The molecule has 0 amide bonds. The summed E-state index contributed by atoms with van der Waals surface area (Å²) in [4.78, 5) is 9.00. The Morgan fingerprint density at radius 3 is 2.00 bits per heavy atom. The minimum atomic E-state index is -0.833. The maximum Gasteiger partial charge on any atom is 0.300 e. The van der Waals surface area contributed by atoms with Crippen LogP contribution in [0.3, 0.4) is 0 Å². The number of hydrogen-bond acceptors (Lipinski definition) is 1. The molecular weight excluding hydrogens is 176 g/mol. The van der Waals surface area contributed by atoms with Crippen molar-refractivity contribution in [3.05, 3.63) is 12.2 Å². The van der Waals surface area contributed by atoms with Gasteiger partial charge in [0.05, 0.1) is 0 Å². The Hall–Kier alpha value is -0.790. The zero-order chi connectivity index (χ0) is 11.0. The number of fused-ring (bicyclic) bond motifs is 2. The van der Waals surface area contributed by atoms with Crippen LogP contribution >= 0.6 is 0 Å². The molecule has 0 aromatic heterocycles. The van der Waals surface area contributed by atoms with E-state index < -0.39 is 5.97 Å². The van der Waals surface area contributed by atoms with E-state index in [9.17, 15) is 0 Å². The van der Waals surface area contributed by atoms with Crippen molar-refractivity contribution in [3.63, 3.8) is 0 Å². The van der Waals surface area contributed by atoms with Crippen LogP contribution in [-0.4, -0.2) is 11.1 Å². The van der Waals surface area contributed by atoms with Crippen LogP contribution < -0.4 is 0 Å². The van der Waals surface area contributed by atoms with Gasteiger partial charge in [0.25, 0.3) is 5.97 Å². The highest BCUT2D eigenvalue weighted by atomic mass is 16.4. The molecule has 2 aliphatic carbocycles. The van der Waals surface area contributed by atoms with Crippen molar-refractivity contribution in [2.45, 2.75) is 40.5 Å². The topological polar surface area (TPSA) is 37.3 Å². The summed E-state index contributed by atoms with van der Waals surface area (Å²) < 4.78 is 0. The predicted molar refractivity (Wildman–Crippen MR) is 57.1 cm³/mol. The van der Waals surface area contributed by atoms with Crippen molar-refractivity contribution in [2.75, 3.05) is 0 Å². The van der Waals surface area contributed by atoms with Gasteiger partial charge in [0.15, 0.2) is 0 Å². The first-order chi connectivity index (χ1) is 6.29. The van der Waals surface area contributed by atoms with Gasteiger partial charge in [-0.25, -0.2) is 0 Å². The molecule has 0 aromatic carbocycles. The summed E-state index contributed by atoms with van der Waals surface area (Å²) in [6.45, 7) is 8.30. The van der Waals surface area contributed by atoms with Gasteiger partial charge in [0.1, 0.15) is 0 Å². The predicted octanol–water partition coefficient (Wildman–Crippen LogP) is 3.09. The molecule has 0 saturated heterocycles. The molecule has 2 rings (SSSR count). The van der Waals surface area contributed by atoms with E-state index in [2.05, 4.69) is 32.9 Å². The van der Waals surface area contributed by atoms with E-state index in [0.29, 0.717) is 10.8 Å². The minimum Gasteiger partial charge on any atom is -0.481 e. The fraction of sp³-hybridized carbons (Fsp3) is 0.750. The highest BCUT2D eigenvalue weighted by Crippen LogP contribution is 2.61. The van der Waals surface area contributed by atoms with E-state index in [0.717, 1.165) is 12.8 Å². The standard InChI is InChI=1S/C10H16.C2H4O2/c1-9(2)8-4-6-10(9,3)7-5-8;1-2(3)4/h4,6,8H,5,7H2,1-3H3;1H3,(H,3,4). The zero-order valence-electron chi connectivity index (χ0n) is 9.50. The van der Waals surface area contributed by atoms with Crippen LogP contribution in [0.4, 0.5) is 0 Å². The molecular formula is C12H20O2. The quantitative estimate of drug-likeness (QED) is 0.604. The zero-order valence-corrected chi connectivity index (χ0v) is 9.50. The Kier molecular flexibility index (Phi) is 2.75. The lowest BCUT2D eigenvalue weighted by molar-refractivity contribution is -0.134. The molecule has 2 bridgehead atoms. The second-order valence-corrected chi connectivity index (χ2v) is 5.16. The molecule has 0 aromatic rings. The molecule has 80 valence electrons. The van der Waals surface area contributed by atoms with Gasteiger partial charge in [-0.05, 0) is 29.6 Å². The van der Waals surface area contributed by atoms with E-state index in [1.165, 1.54) is 12.8 Å². The van der Waals surface area contributed by atoms with Crippen molar-refractivity contribution in [3.8, 4) is 0 Å². The molecule has 0 heterocycles. The van der Waals surface area contributed by atoms with Gasteiger partial charge in [-0.15, -0.1) is 0 Å². The number of carboxylic acid groups (broad SMARTS) is 1. The maximum absolute atomic E-state index is 9.00. The first-order valence-corrected chi connectivity index (χ1v) is 5.18. The Bertz CT molecular complexity index is 261. The Morgan fingerprint density at radius 1 is 1.43 bits per heavy atom. The fourth-order valence-electron chi connectivity index (χ4n) is 2.53.